The molecule has 0 aliphatic carbocycles. The summed E-state index contributed by atoms with van der Waals surface area (Å²) in [6, 6.07) is 0. The van der Waals surface area contributed by atoms with Gasteiger partial charge in [-0.05, 0) is 53.7 Å². The molecule has 1 heterocycles. The van der Waals surface area contributed by atoms with Crippen LogP contribution in [0.4, 0.5) is 0 Å². The van der Waals surface area contributed by atoms with Crippen LogP contribution in [0.2, 0.25) is 0 Å². The van der Waals surface area contributed by atoms with E-state index in [9.17, 15) is 4.79 Å². The van der Waals surface area contributed by atoms with Crippen molar-refractivity contribution < 1.29 is 4.79 Å². The van der Waals surface area contributed by atoms with Gasteiger partial charge < -0.3 is 5.73 Å². The number of likely N-dealkylation sites (N-methyl/N-ethyl adjacent to an activating group) is 1. The highest BCUT2D eigenvalue weighted by molar-refractivity contribution is 5.98. The molecule has 2 N–H and O–H groups in total. The number of hydrogen-bond acceptors (Lipinski definition) is 3. The first-order valence-electron chi connectivity index (χ1n) is 5.79. The van der Waals surface area contributed by atoms with Crippen molar-refractivity contribution in [3.05, 3.63) is 12.7 Å². The highest BCUT2D eigenvalue weighted by Gasteiger charge is 2.55. The van der Waals surface area contributed by atoms with Gasteiger partial charge in [0.15, 0.2) is 5.78 Å². The van der Waals surface area contributed by atoms with E-state index in [-0.39, 0.29) is 16.9 Å². The summed E-state index contributed by atoms with van der Waals surface area (Å²) in [5.41, 5.74) is 5.24. The molecule has 0 spiro atoms. The van der Waals surface area contributed by atoms with Crippen LogP contribution in [0.3, 0.4) is 0 Å². The van der Waals surface area contributed by atoms with E-state index < -0.39 is 5.54 Å². The van der Waals surface area contributed by atoms with Crippen LogP contribution in [0.15, 0.2) is 12.7 Å². The van der Waals surface area contributed by atoms with Crippen LogP contribution in [-0.2, 0) is 4.79 Å². The Morgan fingerprint density at radius 2 is 1.81 bits per heavy atom. The SMILES string of the molecule is C=CC(=O)C1(N)CCC(C)(C)N(C)C1(C)C. The van der Waals surface area contributed by atoms with Crippen molar-refractivity contribution in [2.75, 3.05) is 7.05 Å². The highest BCUT2D eigenvalue weighted by atomic mass is 16.1. The lowest BCUT2D eigenvalue weighted by Gasteiger charge is -2.58. The molecule has 1 aliphatic rings. The maximum absolute atomic E-state index is 12.0. The van der Waals surface area contributed by atoms with Gasteiger partial charge in [-0.1, -0.05) is 6.58 Å². The fourth-order valence-corrected chi connectivity index (χ4v) is 2.64. The largest absolute Gasteiger partial charge is 0.317 e. The number of piperidine rings is 1. The Hall–Kier alpha value is -0.670. The van der Waals surface area contributed by atoms with E-state index >= 15 is 0 Å². The third-order valence-electron chi connectivity index (χ3n) is 4.59. The van der Waals surface area contributed by atoms with Gasteiger partial charge in [-0.15, -0.1) is 0 Å². The van der Waals surface area contributed by atoms with Crippen molar-refractivity contribution in [3.8, 4) is 0 Å². The van der Waals surface area contributed by atoms with Crippen LogP contribution in [0.5, 0.6) is 0 Å². The Morgan fingerprint density at radius 1 is 1.31 bits per heavy atom. The van der Waals surface area contributed by atoms with Gasteiger partial charge in [0.1, 0.15) is 0 Å². The van der Waals surface area contributed by atoms with Crippen molar-refractivity contribution in [1.29, 1.82) is 0 Å². The maximum atomic E-state index is 12.0. The molecular formula is C13H24N2O. The van der Waals surface area contributed by atoms with Crippen molar-refractivity contribution in [2.45, 2.75) is 57.2 Å². The van der Waals surface area contributed by atoms with E-state index in [1.807, 2.05) is 20.9 Å². The smallest absolute Gasteiger partial charge is 0.176 e. The first-order chi connectivity index (χ1) is 7.09. The Balaban J connectivity index is 3.18. The monoisotopic (exact) mass is 224 g/mol. The predicted molar refractivity (Wildman–Crippen MR) is 67.3 cm³/mol. The van der Waals surface area contributed by atoms with Crippen LogP contribution in [0.25, 0.3) is 0 Å². The minimum atomic E-state index is -0.820. The molecule has 0 aromatic heterocycles. The molecule has 0 bridgehead atoms. The third-order valence-corrected chi connectivity index (χ3v) is 4.59. The Kier molecular flexibility index (Phi) is 3.07. The zero-order valence-corrected chi connectivity index (χ0v) is 11.1. The van der Waals surface area contributed by atoms with E-state index in [2.05, 4.69) is 25.3 Å². The van der Waals surface area contributed by atoms with Crippen molar-refractivity contribution in [1.82, 2.24) is 4.90 Å². The molecule has 92 valence electrons. The maximum Gasteiger partial charge on any atom is 0.176 e. The second-order valence-corrected chi connectivity index (χ2v) is 5.97. The van der Waals surface area contributed by atoms with Gasteiger partial charge in [-0.25, -0.2) is 0 Å². The third kappa shape index (κ3) is 1.62. The average Bonchev–Trinajstić information content (AvgIpc) is 2.21. The fraction of sp³-hybridized carbons (Fsp3) is 0.769. The molecule has 0 aromatic rings. The summed E-state index contributed by atoms with van der Waals surface area (Å²) in [6.45, 7) is 12.0. The van der Waals surface area contributed by atoms with Gasteiger partial charge in [-0.2, -0.15) is 0 Å². The molecule has 0 aromatic carbocycles. The average molecular weight is 224 g/mol. The molecule has 1 atom stereocenters. The molecule has 1 saturated heterocycles. The van der Waals surface area contributed by atoms with Crippen molar-refractivity contribution in [2.24, 2.45) is 5.73 Å². The van der Waals surface area contributed by atoms with Gasteiger partial charge >= 0.3 is 0 Å². The van der Waals surface area contributed by atoms with E-state index in [1.54, 1.807) is 0 Å². The predicted octanol–water partition coefficient (Wildman–Crippen LogP) is 1.72. The quantitative estimate of drug-likeness (QED) is 0.726. The molecular weight excluding hydrogens is 200 g/mol. The lowest BCUT2D eigenvalue weighted by atomic mass is 9.66. The van der Waals surface area contributed by atoms with Crippen LogP contribution in [0, 0.1) is 0 Å². The van der Waals surface area contributed by atoms with Crippen molar-refractivity contribution in [3.63, 3.8) is 0 Å². The number of carbonyl (C=O) groups excluding carboxylic acids is 1. The zero-order valence-electron chi connectivity index (χ0n) is 11.1. The summed E-state index contributed by atoms with van der Waals surface area (Å²) < 4.78 is 0. The zero-order chi connectivity index (χ0) is 12.8. The minimum absolute atomic E-state index is 0.0557. The number of ketones is 1. The Labute approximate surface area is 98.7 Å². The summed E-state index contributed by atoms with van der Waals surface area (Å²) in [5.74, 6) is -0.0557. The number of hydrogen-bond donors (Lipinski definition) is 1. The van der Waals surface area contributed by atoms with Crippen LogP contribution < -0.4 is 5.73 Å². The van der Waals surface area contributed by atoms with E-state index in [0.29, 0.717) is 6.42 Å². The standard InChI is InChI=1S/C13H24N2O/c1-7-10(16)13(14)9-8-11(2,3)15(6)12(13,4)5/h7H,1,8-9,14H2,2-6H3. The fourth-order valence-electron chi connectivity index (χ4n) is 2.64. The molecule has 1 rings (SSSR count). The molecule has 0 radical (unpaired) electrons. The number of carbonyl (C=O) groups is 1. The summed E-state index contributed by atoms with van der Waals surface area (Å²) in [7, 11) is 2.04. The first-order valence-corrected chi connectivity index (χ1v) is 5.79. The normalized spacial score (nSPS) is 33.4. The summed E-state index contributed by atoms with van der Waals surface area (Å²) in [4.78, 5) is 14.2. The van der Waals surface area contributed by atoms with E-state index in [1.165, 1.54) is 6.08 Å². The molecule has 3 heteroatoms. The second kappa shape index (κ2) is 3.67. The number of likely N-dealkylation sites (tertiary alicyclic amines) is 1. The molecule has 16 heavy (non-hydrogen) atoms. The summed E-state index contributed by atoms with van der Waals surface area (Å²) >= 11 is 0. The van der Waals surface area contributed by atoms with Gasteiger partial charge in [0.25, 0.3) is 0 Å². The van der Waals surface area contributed by atoms with Gasteiger partial charge in [0.2, 0.25) is 0 Å². The van der Waals surface area contributed by atoms with Gasteiger partial charge in [-0.3, -0.25) is 9.69 Å². The topological polar surface area (TPSA) is 46.3 Å². The van der Waals surface area contributed by atoms with Crippen LogP contribution in [-0.4, -0.2) is 34.3 Å². The number of nitrogens with two attached hydrogens (primary N) is 1. The Morgan fingerprint density at radius 3 is 2.25 bits per heavy atom. The lowest BCUT2D eigenvalue weighted by molar-refractivity contribution is -0.133. The van der Waals surface area contributed by atoms with Crippen molar-refractivity contribution >= 4 is 5.78 Å². The molecule has 1 aliphatic heterocycles. The second-order valence-electron chi connectivity index (χ2n) is 5.97. The van der Waals surface area contributed by atoms with Crippen LogP contribution >= 0.6 is 0 Å². The molecule has 0 saturated carbocycles. The summed E-state index contributed by atoms with van der Waals surface area (Å²) in [6.07, 6.45) is 2.99. The van der Waals surface area contributed by atoms with Crippen LogP contribution in [0.1, 0.15) is 40.5 Å². The molecule has 3 nitrogen and oxygen atoms in total. The lowest BCUT2D eigenvalue weighted by Crippen LogP contribution is -2.75. The molecule has 1 fully saturated rings. The van der Waals surface area contributed by atoms with E-state index in [4.69, 9.17) is 5.73 Å². The van der Waals surface area contributed by atoms with Gasteiger partial charge in [0.05, 0.1) is 5.54 Å². The number of rotatable bonds is 2. The Bertz CT molecular complexity index is 320. The molecule has 1 unspecified atom stereocenters. The summed E-state index contributed by atoms with van der Waals surface area (Å²) in [5, 5.41) is 0. The minimum Gasteiger partial charge on any atom is -0.317 e. The van der Waals surface area contributed by atoms with Gasteiger partial charge in [0, 0.05) is 11.1 Å². The number of nitrogens with zero attached hydrogens (tertiary/aromatic N) is 1. The molecule has 0 amide bonds. The first kappa shape index (κ1) is 13.4. The highest BCUT2D eigenvalue weighted by Crippen LogP contribution is 2.42. The van der Waals surface area contributed by atoms with E-state index in [0.717, 1.165) is 6.42 Å².